The molecule has 0 spiro atoms. The fourth-order valence-corrected chi connectivity index (χ4v) is 5.28. The zero-order valence-corrected chi connectivity index (χ0v) is 19.1. The van der Waals surface area contributed by atoms with Gasteiger partial charge in [-0.25, -0.2) is 4.79 Å². The van der Waals surface area contributed by atoms with Gasteiger partial charge >= 0.3 is 5.97 Å². The Morgan fingerprint density at radius 3 is 2.58 bits per heavy atom. The SMILES string of the molecule is COc1cc(C(=O)O[C@H]2[C@@H]3C=CO[C@@H](O[C@@H]4O[C@@H](CO)[C@H](O)[C@@H](O)[C@@H]4O)[C@@H]3[C@@]3(CO)O[C@H]23)ccc1O. The van der Waals surface area contributed by atoms with Crippen LogP contribution in [0.1, 0.15) is 10.4 Å². The second-order valence-electron chi connectivity index (χ2n) is 9.18. The van der Waals surface area contributed by atoms with E-state index in [1.54, 1.807) is 6.08 Å². The Labute approximate surface area is 205 Å². The minimum atomic E-state index is -1.66. The van der Waals surface area contributed by atoms with Crippen LogP contribution >= 0.6 is 0 Å². The largest absolute Gasteiger partial charge is 0.504 e. The van der Waals surface area contributed by atoms with Gasteiger partial charge in [0.05, 0.1) is 38.1 Å². The normalized spacial score (nSPS) is 42.7. The van der Waals surface area contributed by atoms with Crippen molar-refractivity contribution in [2.24, 2.45) is 11.8 Å². The van der Waals surface area contributed by atoms with Gasteiger partial charge in [0.25, 0.3) is 0 Å². The average molecular weight is 512 g/mol. The second-order valence-corrected chi connectivity index (χ2v) is 9.18. The summed E-state index contributed by atoms with van der Waals surface area (Å²) in [5.41, 5.74) is -1.03. The smallest absolute Gasteiger partial charge is 0.338 e. The highest BCUT2D eigenvalue weighted by molar-refractivity contribution is 5.90. The number of carbonyl (C=O) groups excluding carboxylic acids is 1. The first-order valence-corrected chi connectivity index (χ1v) is 11.4. The molecule has 0 bridgehead atoms. The molecule has 1 aromatic rings. The Morgan fingerprint density at radius 1 is 1.11 bits per heavy atom. The molecule has 2 saturated heterocycles. The van der Waals surface area contributed by atoms with Gasteiger partial charge in [0.15, 0.2) is 17.8 Å². The fraction of sp³-hybridized carbons (Fsp3) is 0.609. The van der Waals surface area contributed by atoms with E-state index < -0.39 is 85.8 Å². The summed E-state index contributed by atoms with van der Waals surface area (Å²) < 4.78 is 33.4. The van der Waals surface area contributed by atoms with Crippen LogP contribution in [-0.2, 0) is 23.7 Å². The lowest BCUT2D eigenvalue weighted by molar-refractivity contribution is -0.344. The van der Waals surface area contributed by atoms with Crippen molar-refractivity contribution in [3.63, 3.8) is 0 Å². The molecular formula is C23H28O13. The lowest BCUT2D eigenvalue weighted by Crippen LogP contribution is -2.60. The molecule has 5 rings (SSSR count). The summed E-state index contributed by atoms with van der Waals surface area (Å²) >= 11 is 0. The third-order valence-corrected chi connectivity index (χ3v) is 7.26. The molecule has 0 radical (unpaired) electrons. The van der Waals surface area contributed by atoms with E-state index in [9.17, 15) is 35.4 Å². The number of fused-ring (bicyclic) bond motifs is 3. The molecule has 0 unspecified atom stereocenters. The van der Waals surface area contributed by atoms with E-state index >= 15 is 0 Å². The minimum absolute atomic E-state index is 0.0973. The quantitative estimate of drug-likeness (QED) is 0.173. The maximum Gasteiger partial charge on any atom is 0.338 e. The van der Waals surface area contributed by atoms with E-state index in [1.165, 1.54) is 31.6 Å². The van der Waals surface area contributed by atoms with Crippen LogP contribution in [0.25, 0.3) is 0 Å². The lowest BCUT2D eigenvalue weighted by Gasteiger charge is -2.43. The van der Waals surface area contributed by atoms with Crippen LogP contribution in [0.3, 0.4) is 0 Å². The molecule has 198 valence electrons. The van der Waals surface area contributed by atoms with Gasteiger partial charge in [0.2, 0.25) is 6.29 Å². The molecule has 1 saturated carbocycles. The number of methoxy groups -OCH3 is 1. The number of hydrogen-bond acceptors (Lipinski definition) is 13. The highest BCUT2D eigenvalue weighted by atomic mass is 16.8. The number of aliphatic hydroxyl groups is 5. The van der Waals surface area contributed by atoms with E-state index in [4.69, 9.17) is 28.4 Å². The number of esters is 1. The van der Waals surface area contributed by atoms with E-state index in [0.717, 1.165) is 0 Å². The number of benzene rings is 1. The van der Waals surface area contributed by atoms with Crippen molar-refractivity contribution in [1.82, 2.24) is 0 Å². The average Bonchev–Trinajstić information content (AvgIpc) is 3.56. The summed E-state index contributed by atoms with van der Waals surface area (Å²) in [6, 6.07) is 4.02. The van der Waals surface area contributed by atoms with Gasteiger partial charge in [0.1, 0.15) is 42.2 Å². The first-order chi connectivity index (χ1) is 17.2. The van der Waals surface area contributed by atoms with E-state index in [1.807, 2.05) is 0 Å². The van der Waals surface area contributed by atoms with Crippen LogP contribution in [-0.4, -0.2) is 112 Å². The minimum Gasteiger partial charge on any atom is -0.504 e. The summed E-state index contributed by atoms with van der Waals surface area (Å²) in [6.45, 7) is -1.07. The van der Waals surface area contributed by atoms with Crippen LogP contribution in [0.5, 0.6) is 11.5 Å². The van der Waals surface area contributed by atoms with E-state index in [2.05, 4.69) is 0 Å². The lowest BCUT2D eigenvalue weighted by atomic mass is 9.85. The van der Waals surface area contributed by atoms with Crippen molar-refractivity contribution in [1.29, 1.82) is 0 Å². The van der Waals surface area contributed by atoms with Crippen molar-refractivity contribution in [3.05, 3.63) is 36.1 Å². The van der Waals surface area contributed by atoms with Gasteiger partial charge in [-0.2, -0.15) is 0 Å². The Kier molecular flexibility index (Phi) is 6.59. The molecule has 3 heterocycles. The van der Waals surface area contributed by atoms with Crippen LogP contribution in [0, 0.1) is 11.8 Å². The van der Waals surface area contributed by atoms with Gasteiger partial charge < -0.3 is 59.1 Å². The number of hydrogen-bond donors (Lipinski definition) is 6. The highest BCUT2D eigenvalue weighted by Gasteiger charge is 2.77. The van der Waals surface area contributed by atoms with Crippen LogP contribution < -0.4 is 4.74 Å². The molecule has 0 aromatic heterocycles. The molecule has 3 fully saturated rings. The summed E-state index contributed by atoms with van der Waals surface area (Å²) in [7, 11) is 1.35. The van der Waals surface area contributed by atoms with Gasteiger partial charge in [-0.3, -0.25) is 0 Å². The molecule has 4 aliphatic rings. The number of aromatic hydroxyl groups is 1. The topological polar surface area (TPSA) is 197 Å². The van der Waals surface area contributed by atoms with Crippen molar-refractivity contribution in [2.45, 2.75) is 54.8 Å². The molecule has 13 heteroatoms. The molecule has 36 heavy (non-hydrogen) atoms. The molecule has 13 nitrogen and oxygen atoms in total. The van der Waals surface area contributed by atoms with Crippen molar-refractivity contribution >= 4 is 5.97 Å². The van der Waals surface area contributed by atoms with Crippen LogP contribution in [0.4, 0.5) is 0 Å². The van der Waals surface area contributed by atoms with Crippen LogP contribution in [0.15, 0.2) is 30.5 Å². The molecule has 1 aromatic carbocycles. The van der Waals surface area contributed by atoms with E-state index in [-0.39, 0.29) is 17.1 Å². The first kappa shape index (κ1) is 25.2. The third kappa shape index (κ3) is 3.92. The van der Waals surface area contributed by atoms with Crippen molar-refractivity contribution < 1.29 is 63.9 Å². The number of ether oxygens (including phenoxy) is 6. The predicted octanol–water partition coefficient (Wildman–Crippen LogP) is -2.01. The number of phenolic OH excluding ortho intramolecular Hbond substituents is 1. The monoisotopic (exact) mass is 512 g/mol. The number of aliphatic hydroxyl groups excluding tert-OH is 5. The number of phenols is 1. The van der Waals surface area contributed by atoms with Crippen LogP contribution in [0.2, 0.25) is 0 Å². The summed E-state index contributed by atoms with van der Waals surface area (Å²) in [5.74, 6) is -1.95. The van der Waals surface area contributed by atoms with Gasteiger partial charge in [-0.15, -0.1) is 0 Å². The third-order valence-electron chi connectivity index (χ3n) is 7.26. The Hall–Kier alpha value is -2.49. The summed E-state index contributed by atoms with van der Waals surface area (Å²) in [6.07, 6.45) is -7.19. The number of carbonyl (C=O) groups is 1. The summed E-state index contributed by atoms with van der Waals surface area (Å²) in [5, 5.41) is 59.8. The Bertz CT molecular complexity index is 1010. The Balaban J connectivity index is 1.35. The second kappa shape index (κ2) is 9.43. The summed E-state index contributed by atoms with van der Waals surface area (Å²) in [4.78, 5) is 12.9. The zero-order chi connectivity index (χ0) is 25.8. The molecule has 0 amide bonds. The maximum absolute atomic E-state index is 12.9. The van der Waals surface area contributed by atoms with Gasteiger partial charge in [-0.05, 0) is 24.3 Å². The predicted molar refractivity (Wildman–Crippen MR) is 114 cm³/mol. The van der Waals surface area contributed by atoms with Crippen molar-refractivity contribution in [2.75, 3.05) is 20.3 Å². The number of rotatable bonds is 7. The maximum atomic E-state index is 12.9. The molecular weight excluding hydrogens is 484 g/mol. The first-order valence-electron chi connectivity index (χ1n) is 11.4. The van der Waals surface area contributed by atoms with Crippen molar-refractivity contribution in [3.8, 4) is 11.5 Å². The standard InChI is InChI=1S/C23H28O13/c1-31-12-6-9(2-3-11(12)26)20(30)34-18-10-4-5-32-21(14(10)23(8-25)19(18)36-23)35-22-17(29)16(28)15(27)13(7-24)33-22/h2-6,10,13-19,21-22,24-29H,7-8H2,1H3/t10-,13+,14-,15+,16-,17+,18+,19-,21+,22+,23-/m1/s1. The molecule has 6 N–H and O–H groups in total. The fourth-order valence-electron chi connectivity index (χ4n) is 5.28. The highest BCUT2D eigenvalue weighted by Crippen LogP contribution is 2.60. The molecule has 1 aliphatic carbocycles. The number of epoxide rings is 1. The molecule has 3 aliphatic heterocycles. The Morgan fingerprint density at radius 2 is 1.89 bits per heavy atom. The van der Waals surface area contributed by atoms with Gasteiger partial charge in [-0.1, -0.05) is 0 Å². The van der Waals surface area contributed by atoms with Gasteiger partial charge in [0, 0.05) is 5.92 Å². The van der Waals surface area contributed by atoms with E-state index in [0.29, 0.717) is 0 Å². The zero-order valence-electron chi connectivity index (χ0n) is 19.1. The molecule has 11 atom stereocenters.